The summed E-state index contributed by atoms with van der Waals surface area (Å²) in [6, 6.07) is 9.52. The number of benzene rings is 2. The van der Waals surface area contributed by atoms with Gasteiger partial charge in [0.2, 0.25) is 5.88 Å². The fraction of sp³-hybridized carbons (Fsp3) is 0.241. The van der Waals surface area contributed by atoms with Crippen LogP contribution in [0.15, 0.2) is 48.8 Å². The summed E-state index contributed by atoms with van der Waals surface area (Å²) in [7, 11) is 1.53. The number of fused-ring (bicyclic) bond motifs is 2. The van der Waals surface area contributed by atoms with Crippen LogP contribution in [0, 0.1) is 12.7 Å². The van der Waals surface area contributed by atoms with Crippen LogP contribution in [0.3, 0.4) is 0 Å². The molecule has 3 heterocycles. The quantitative estimate of drug-likeness (QED) is 0.232. The number of amides is 1. The van der Waals surface area contributed by atoms with Crippen molar-refractivity contribution in [2.75, 3.05) is 12.4 Å². The number of hydrogen-bond donors (Lipinski definition) is 2. The first kappa shape index (κ1) is 27.3. The van der Waals surface area contributed by atoms with E-state index in [0.29, 0.717) is 40.3 Å². The predicted molar refractivity (Wildman–Crippen MR) is 153 cm³/mol. The highest BCUT2D eigenvalue weighted by atomic mass is 32.1. The number of halogens is 1. The first-order valence-electron chi connectivity index (χ1n) is 13.0. The van der Waals surface area contributed by atoms with Crippen molar-refractivity contribution >= 4 is 50.3 Å². The molecule has 0 radical (unpaired) electrons. The standard InChI is InChI=1S/C29H24FN5O6S/c1-14-8-16(26-20(9-14)34-25(39-2)13-32-26)27-35-19-10-17(30)23(11-24(19)42-27)40-21-4-3-5-22(21)41-29(38)33-15-6-7-18(28(36)37)31-12-15/h6-13,21-22H,3-5H2,1-2H3,(H,33,38)(H,36,37)/t21-,22+/m0/s1. The molecule has 42 heavy (non-hydrogen) atoms. The Morgan fingerprint density at radius 3 is 2.64 bits per heavy atom. The number of aromatic nitrogens is 4. The van der Waals surface area contributed by atoms with Crippen molar-refractivity contribution in [3.8, 4) is 22.2 Å². The Labute approximate surface area is 242 Å². The Kier molecular flexibility index (Phi) is 7.25. The van der Waals surface area contributed by atoms with Crippen molar-refractivity contribution in [1.82, 2.24) is 19.9 Å². The van der Waals surface area contributed by atoms with Crippen molar-refractivity contribution in [2.24, 2.45) is 0 Å². The smallest absolute Gasteiger partial charge is 0.412 e. The maximum atomic E-state index is 15.2. The minimum atomic E-state index is -1.17. The van der Waals surface area contributed by atoms with Gasteiger partial charge in [-0.05, 0) is 56.0 Å². The molecule has 0 unspecified atom stereocenters. The zero-order chi connectivity index (χ0) is 29.4. The lowest BCUT2D eigenvalue weighted by Gasteiger charge is -2.22. The normalized spacial score (nSPS) is 16.5. The second-order valence-electron chi connectivity index (χ2n) is 9.76. The van der Waals surface area contributed by atoms with Crippen LogP contribution < -0.4 is 14.8 Å². The summed E-state index contributed by atoms with van der Waals surface area (Å²) in [5.41, 5.74) is 3.71. The summed E-state index contributed by atoms with van der Waals surface area (Å²) < 4.78 is 32.7. The molecule has 13 heteroatoms. The van der Waals surface area contributed by atoms with E-state index in [0.717, 1.165) is 22.2 Å². The van der Waals surface area contributed by atoms with Gasteiger partial charge in [-0.1, -0.05) is 0 Å². The molecule has 2 aromatic carbocycles. The van der Waals surface area contributed by atoms with Crippen molar-refractivity contribution in [3.05, 3.63) is 65.9 Å². The molecule has 214 valence electrons. The number of nitrogens with one attached hydrogen (secondary N) is 1. The largest absolute Gasteiger partial charge is 0.483 e. The SMILES string of the molecule is COc1cnc2c(-c3nc4cc(F)c(O[C@H]5CCC[C@H]5OC(=O)Nc5ccc(C(=O)O)nc5)cc4s3)cc(C)cc2n1. The van der Waals surface area contributed by atoms with E-state index in [1.165, 1.54) is 42.8 Å². The van der Waals surface area contributed by atoms with Gasteiger partial charge in [0.1, 0.15) is 22.9 Å². The fourth-order valence-electron chi connectivity index (χ4n) is 4.85. The second-order valence-corrected chi connectivity index (χ2v) is 10.8. The Balaban J connectivity index is 1.20. The zero-order valence-electron chi connectivity index (χ0n) is 22.5. The Hall–Kier alpha value is -4.91. The fourth-order valence-corrected chi connectivity index (χ4v) is 5.84. The number of hydrogen-bond acceptors (Lipinski definition) is 10. The Bertz CT molecular complexity index is 1830. The molecule has 2 N–H and O–H groups in total. The van der Waals surface area contributed by atoms with E-state index >= 15 is 4.39 Å². The number of aromatic carboxylic acids is 1. The number of methoxy groups -OCH3 is 1. The average Bonchev–Trinajstić information content (AvgIpc) is 3.58. The van der Waals surface area contributed by atoms with Gasteiger partial charge in [0.05, 0.1) is 46.4 Å². The highest BCUT2D eigenvalue weighted by Crippen LogP contribution is 2.38. The lowest BCUT2D eigenvalue weighted by atomic mass is 10.1. The minimum absolute atomic E-state index is 0.0469. The molecule has 1 fully saturated rings. The number of aryl methyl sites for hydroxylation is 1. The molecule has 5 aromatic rings. The van der Waals surface area contributed by atoms with Gasteiger partial charge in [-0.25, -0.2) is 33.9 Å². The average molecular weight is 590 g/mol. The zero-order valence-corrected chi connectivity index (χ0v) is 23.3. The summed E-state index contributed by atoms with van der Waals surface area (Å²) in [6.45, 7) is 1.95. The molecule has 0 bridgehead atoms. The molecule has 6 rings (SSSR count). The summed E-state index contributed by atoms with van der Waals surface area (Å²) in [6.07, 6.45) is 2.75. The van der Waals surface area contributed by atoms with Crippen LogP contribution in [0.4, 0.5) is 14.9 Å². The molecule has 11 nitrogen and oxygen atoms in total. The Morgan fingerprint density at radius 1 is 1.05 bits per heavy atom. The number of anilines is 1. The van der Waals surface area contributed by atoms with Crippen LogP contribution in [0.1, 0.15) is 35.3 Å². The van der Waals surface area contributed by atoms with Gasteiger partial charge >= 0.3 is 12.1 Å². The number of carbonyl (C=O) groups excluding carboxylic acids is 1. The number of carboxylic acids is 1. The number of rotatable bonds is 7. The molecule has 0 aliphatic heterocycles. The van der Waals surface area contributed by atoms with Gasteiger partial charge < -0.3 is 19.3 Å². The van der Waals surface area contributed by atoms with Crippen LogP contribution in [-0.4, -0.2) is 56.4 Å². The molecule has 1 aliphatic rings. The lowest BCUT2D eigenvalue weighted by molar-refractivity contribution is 0.0401. The topological polar surface area (TPSA) is 146 Å². The molecule has 1 amide bonds. The van der Waals surface area contributed by atoms with Gasteiger partial charge in [0, 0.05) is 17.7 Å². The number of nitrogens with zero attached hydrogens (tertiary/aromatic N) is 4. The number of ether oxygens (including phenoxy) is 3. The van der Waals surface area contributed by atoms with Crippen molar-refractivity contribution in [3.63, 3.8) is 0 Å². The first-order valence-corrected chi connectivity index (χ1v) is 13.8. The first-order chi connectivity index (χ1) is 20.3. The monoisotopic (exact) mass is 589 g/mol. The second kappa shape index (κ2) is 11.2. The van der Waals surface area contributed by atoms with E-state index in [-0.39, 0.29) is 17.1 Å². The maximum absolute atomic E-state index is 15.2. The number of pyridine rings is 1. The van der Waals surface area contributed by atoms with Gasteiger partial charge in [0.25, 0.3) is 0 Å². The number of carbonyl (C=O) groups is 2. The van der Waals surface area contributed by atoms with Crippen molar-refractivity contribution in [2.45, 2.75) is 38.4 Å². The van der Waals surface area contributed by atoms with Crippen LogP contribution in [-0.2, 0) is 4.74 Å². The van der Waals surface area contributed by atoms with Gasteiger partial charge in [-0.15, -0.1) is 11.3 Å². The summed E-state index contributed by atoms with van der Waals surface area (Å²) in [5, 5.41) is 12.2. The summed E-state index contributed by atoms with van der Waals surface area (Å²) in [4.78, 5) is 40.9. The third-order valence-electron chi connectivity index (χ3n) is 6.81. The van der Waals surface area contributed by atoms with E-state index < -0.39 is 30.1 Å². The molecule has 1 saturated carbocycles. The van der Waals surface area contributed by atoms with E-state index in [1.807, 2.05) is 19.1 Å². The molecule has 1 aliphatic carbocycles. The molecular weight excluding hydrogens is 565 g/mol. The molecule has 0 spiro atoms. The summed E-state index contributed by atoms with van der Waals surface area (Å²) >= 11 is 1.39. The van der Waals surface area contributed by atoms with Crippen LogP contribution >= 0.6 is 11.3 Å². The van der Waals surface area contributed by atoms with Gasteiger partial charge in [-0.3, -0.25) is 5.32 Å². The van der Waals surface area contributed by atoms with Gasteiger partial charge in [0.15, 0.2) is 11.6 Å². The predicted octanol–water partition coefficient (Wildman–Crippen LogP) is 6.00. The highest BCUT2D eigenvalue weighted by Gasteiger charge is 2.33. The van der Waals surface area contributed by atoms with Crippen LogP contribution in [0.25, 0.3) is 31.8 Å². The number of carboxylic acid groups (broad SMARTS) is 1. The number of thiazole rings is 1. The van der Waals surface area contributed by atoms with Crippen molar-refractivity contribution < 1.29 is 33.3 Å². The van der Waals surface area contributed by atoms with E-state index in [1.54, 1.807) is 12.3 Å². The molecule has 0 saturated heterocycles. The van der Waals surface area contributed by atoms with Crippen LogP contribution in [0.5, 0.6) is 11.6 Å². The maximum Gasteiger partial charge on any atom is 0.412 e. The lowest BCUT2D eigenvalue weighted by Crippen LogP contribution is -2.32. The highest BCUT2D eigenvalue weighted by molar-refractivity contribution is 7.21. The van der Waals surface area contributed by atoms with Crippen molar-refractivity contribution in [1.29, 1.82) is 0 Å². The third kappa shape index (κ3) is 5.50. The Morgan fingerprint density at radius 2 is 1.88 bits per heavy atom. The van der Waals surface area contributed by atoms with E-state index in [4.69, 9.17) is 19.3 Å². The third-order valence-corrected chi connectivity index (χ3v) is 7.86. The molecular formula is C29H24FN5O6S. The summed E-state index contributed by atoms with van der Waals surface area (Å²) in [5.74, 6) is -1.29. The minimum Gasteiger partial charge on any atom is -0.483 e. The molecule has 2 atom stereocenters. The molecule has 3 aromatic heterocycles. The van der Waals surface area contributed by atoms with Gasteiger partial charge in [-0.2, -0.15) is 0 Å². The van der Waals surface area contributed by atoms with E-state index in [9.17, 15) is 9.59 Å². The van der Waals surface area contributed by atoms with Crippen LogP contribution in [0.2, 0.25) is 0 Å². The van der Waals surface area contributed by atoms with E-state index in [2.05, 4.69) is 25.3 Å².